The van der Waals surface area contributed by atoms with Crippen molar-refractivity contribution in [1.82, 2.24) is 0 Å². The number of anilines is 1. The SMILES string of the molecule is Cc1cccc(N2CCC(=O)C2)c1Br. The van der Waals surface area contributed by atoms with E-state index in [1.165, 1.54) is 5.56 Å². The first-order valence-corrected chi connectivity index (χ1v) is 5.49. The molecule has 0 aromatic heterocycles. The third-order valence-corrected chi connectivity index (χ3v) is 3.57. The second-order valence-electron chi connectivity index (χ2n) is 3.62. The molecule has 1 fully saturated rings. The van der Waals surface area contributed by atoms with Gasteiger partial charge in [0.1, 0.15) is 0 Å². The smallest absolute Gasteiger partial charge is 0.153 e. The molecule has 1 aliphatic heterocycles. The van der Waals surface area contributed by atoms with Gasteiger partial charge in [0.25, 0.3) is 0 Å². The summed E-state index contributed by atoms with van der Waals surface area (Å²) in [6.45, 7) is 3.47. The van der Waals surface area contributed by atoms with Gasteiger partial charge in [0.15, 0.2) is 5.78 Å². The van der Waals surface area contributed by atoms with Crippen LogP contribution in [0.3, 0.4) is 0 Å². The van der Waals surface area contributed by atoms with Crippen LogP contribution >= 0.6 is 15.9 Å². The molecule has 0 unspecified atom stereocenters. The predicted molar refractivity (Wildman–Crippen MR) is 60.7 cm³/mol. The van der Waals surface area contributed by atoms with Crippen LogP contribution in [0.2, 0.25) is 0 Å². The minimum Gasteiger partial charge on any atom is -0.363 e. The van der Waals surface area contributed by atoms with Crippen molar-refractivity contribution < 1.29 is 4.79 Å². The van der Waals surface area contributed by atoms with E-state index in [9.17, 15) is 4.79 Å². The number of carbonyl (C=O) groups excluding carboxylic acids is 1. The number of aryl methyl sites for hydroxylation is 1. The van der Waals surface area contributed by atoms with Crippen LogP contribution in [0.15, 0.2) is 22.7 Å². The molecule has 14 heavy (non-hydrogen) atoms. The molecule has 74 valence electrons. The third-order valence-electron chi connectivity index (χ3n) is 2.54. The quantitative estimate of drug-likeness (QED) is 0.767. The molecular weight excluding hydrogens is 242 g/mol. The second kappa shape index (κ2) is 3.73. The molecule has 1 saturated heterocycles. The molecule has 1 aromatic carbocycles. The minimum atomic E-state index is 0.332. The minimum absolute atomic E-state index is 0.332. The second-order valence-corrected chi connectivity index (χ2v) is 4.41. The number of ketones is 1. The molecule has 3 heteroatoms. The van der Waals surface area contributed by atoms with E-state index in [1.807, 2.05) is 6.07 Å². The van der Waals surface area contributed by atoms with Crippen molar-refractivity contribution in [3.05, 3.63) is 28.2 Å². The summed E-state index contributed by atoms with van der Waals surface area (Å²) in [7, 11) is 0. The molecule has 0 amide bonds. The standard InChI is InChI=1S/C11H12BrNO/c1-8-3-2-4-10(11(8)12)13-6-5-9(14)7-13/h2-4H,5-7H2,1H3. The number of Topliss-reactive ketones (excluding diaryl/α,β-unsaturated/α-hetero) is 1. The van der Waals surface area contributed by atoms with Gasteiger partial charge in [-0.1, -0.05) is 12.1 Å². The zero-order chi connectivity index (χ0) is 10.1. The Morgan fingerprint density at radius 2 is 2.21 bits per heavy atom. The number of benzene rings is 1. The molecule has 0 aliphatic carbocycles. The van der Waals surface area contributed by atoms with Crippen LogP contribution in [-0.4, -0.2) is 18.9 Å². The molecule has 0 spiro atoms. The van der Waals surface area contributed by atoms with E-state index in [4.69, 9.17) is 0 Å². The lowest BCUT2D eigenvalue weighted by Gasteiger charge is -2.19. The fourth-order valence-corrected chi connectivity index (χ4v) is 2.23. The summed E-state index contributed by atoms with van der Waals surface area (Å²) in [5, 5.41) is 0. The number of rotatable bonds is 1. The van der Waals surface area contributed by atoms with Crippen molar-refractivity contribution in [3.8, 4) is 0 Å². The van der Waals surface area contributed by atoms with E-state index in [2.05, 4.69) is 39.9 Å². The summed E-state index contributed by atoms with van der Waals surface area (Å²) in [5.41, 5.74) is 2.35. The van der Waals surface area contributed by atoms with Crippen molar-refractivity contribution >= 4 is 27.4 Å². The largest absolute Gasteiger partial charge is 0.363 e. The van der Waals surface area contributed by atoms with Gasteiger partial charge in [-0.2, -0.15) is 0 Å². The summed E-state index contributed by atoms with van der Waals surface area (Å²) in [6.07, 6.45) is 0.681. The van der Waals surface area contributed by atoms with E-state index in [0.717, 1.165) is 16.7 Å². The Morgan fingerprint density at radius 1 is 1.43 bits per heavy atom. The molecule has 0 N–H and O–H groups in total. The zero-order valence-corrected chi connectivity index (χ0v) is 9.67. The predicted octanol–water partition coefficient (Wildman–Crippen LogP) is 2.54. The number of carbonyl (C=O) groups is 1. The molecule has 0 bridgehead atoms. The van der Waals surface area contributed by atoms with Crippen LogP contribution in [-0.2, 0) is 4.79 Å². The van der Waals surface area contributed by atoms with Crippen LogP contribution in [0.4, 0.5) is 5.69 Å². The summed E-state index contributed by atoms with van der Waals surface area (Å²) >= 11 is 3.56. The van der Waals surface area contributed by atoms with Crippen molar-refractivity contribution in [2.45, 2.75) is 13.3 Å². The summed E-state index contributed by atoms with van der Waals surface area (Å²) < 4.78 is 1.11. The molecular formula is C11H12BrNO. The van der Waals surface area contributed by atoms with Gasteiger partial charge in [-0.05, 0) is 34.5 Å². The maximum atomic E-state index is 11.2. The van der Waals surface area contributed by atoms with E-state index in [1.54, 1.807) is 0 Å². The molecule has 1 heterocycles. The lowest BCUT2D eigenvalue weighted by molar-refractivity contribution is -0.116. The van der Waals surface area contributed by atoms with Crippen LogP contribution in [0.1, 0.15) is 12.0 Å². The van der Waals surface area contributed by atoms with Gasteiger partial charge >= 0.3 is 0 Å². The van der Waals surface area contributed by atoms with Gasteiger partial charge in [0.2, 0.25) is 0 Å². The number of hydrogen-bond acceptors (Lipinski definition) is 2. The fourth-order valence-electron chi connectivity index (χ4n) is 1.71. The number of halogens is 1. The Kier molecular flexibility index (Phi) is 2.59. The van der Waals surface area contributed by atoms with Gasteiger partial charge < -0.3 is 4.90 Å². The molecule has 1 aromatic rings. The lowest BCUT2D eigenvalue weighted by atomic mass is 10.2. The van der Waals surface area contributed by atoms with Gasteiger partial charge in [-0.3, -0.25) is 4.79 Å². The van der Waals surface area contributed by atoms with Gasteiger partial charge in [-0.15, -0.1) is 0 Å². The van der Waals surface area contributed by atoms with Crippen molar-refractivity contribution in [2.24, 2.45) is 0 Å². The molecule has 1 aliphatic rings. The Labute approximate surface area is 92.0 Å². The molecule has 0 atom stereocenters. The average Bonchev–Trinajstić information content (AvgIpc) is 2.57. The van der Waals surface area contributed by atoms with Gasteiger partial charge in [0, 0.05) is 17.4 Å². The number of hydrogen-bond donors (Lipinski definition) is 0. The van der Waals surface area contributed by atoms with E-state index in [0.29, 0.717) is 18.7 Å². The summed E-state index contributed by atoms with van der Waals surface area (Å²) in [6, 6.07) is 6.14. The highest BCUT2D eigenvalue weighted by molar-refractivity contribution is 9.10. The Balaban J connectivity index is 2.32. The third kappa shape index (κ3) is 1.69. The normalized spacial score (nSPS) is 16.4. The van der Waals surface area contributed by atoms with Crippen molar-refractivity contribution in [3.63, 3.8) is 0 Å². The topological polar surface area (TPSA) is 20.3 Å². The van der Waals surface area contributed by atoms with E-state index < -0.39 is 0 Å². The van der Waals surface area contributed by atoms with Gasteiger partial charge in [0.05, 0.1) is 12.2 Å². The maximum Gasteiger partial charge on any atom is 0.153 e. The highest BCUT2D eigenvalue weighted by atomic mass is 79.9. The molecule has 0 saturated carbocycles. The van der Waals surface area contributed by atoms with Crippen LogP contribution in [0, 0.1) is 6.92 Å². The monoisotopic (exact) mass is 253 g/mol. The molecule has 0 radical (unpaired) electrons. The first kappa shape index (κ1) is 9.71. The first-order chi connectivity index (χ1) is 6.68. The summed E-state index contributed by atoms with van der Waals surface area (Å²) in [4.78, 5) is 13.3. The Hall–Kier alpha value is -0.830. The van der Waals surface area contributed by atoms with Crippen LogP contribution in [0.25, 0.3) is 0 Å². The van der Waals surface area contributed by atoms with E-state index >= 15 is 0 Å². The zero-order valence-electron chi connectivity index (χ0n) is 8.09. The Morgan fingerprint density at radius 3 is 2.86 bits per heavy atom. The molecule has 2 rings (SSSR count). The first-order valence-electron chi connectivity index (χ1n) is 4.70. The van der Waals surface area contributed by atoms with Crippen molar-refractivity contribution in [2.75, 3.05) is 18.0 Å². The average molecular weight is 254 g/mol. The lowest BCUT2D eigenvalue weighted by Crippen LogP contribution is -2.20. The maximum absolute atomic E-state index is 11.2. The van der Waals surface area contributed by atoms with E-state index in [-0.39, 0.29) is 0 Å². The highest BCUT2D eigenvalue weighted by Crippen LogP contribution is 2.30. The van der Waals surface area contributed by atoms with Crippen LogP contribution in [0.5, 0.6) is 0 Å². The van der Waals surface area contributed by atoms with Crippen molar-refractivity contribution in [1.29, 1.82) is 0 Å². The summed E-state index contributed by atoms with van der Waals surface area (Å²) in [5.74, 6) is 0.332. The highest BCUT2D eigenvalue weighted by Gasteiger charge is 2.21. The Bertz CT molecular complexity index is 376. The van der Waals surface area contributed by atoms with Crippen LogP contribution < -0.4 is 4.90 Å². The molecule has 2 nitrogen and oxygen atoms in total. The number of nitrogens with zero attached hydrogens (tertiary/aromatic N) is 1. The van der Waals surface area contributed by atoms with Gasteiger partial charge in [-0.25, -0.2) is 0 Å². The fraction of sp³-hybridized carbons (Fsp3) is 0.364.